The lowest BCUT2D eigenvalue weighted by Gasteiger charge is -2.25. The number of benzene rings is 1. The zero-order valence-electron chi connectivity index (χ0n) is 11.2. The van der Waals surface area contributed by atoms with Crippen LogP contribution >= 0.6 is 11.6 Å². The van der Waals surface area contributed by atoms with E-state index >= 15 is 0 Å². The Bertz CT molecular complexity index is 388. The van der Waals surface area contributed by atoms with Crippen molar-refractivity contribution in [1.82, 2.24) is 5.32 Å². The zero-order valence-corrected chi connectivity index (χ0v) is 12.0. The minimum absolute atomic E-state index is 0.324. The predicted octanol–water partition coefficient (Wildman–Crippen LogP) is 3.81. The van der Waals surface area contributed by atoms with E-state index in [9.17, 15) is 0 Å². The third-order valence-electron chi connectivity index (χ3n) is 3.61. The maximum absolute atomic E-state index is 6.23. The number of hydrogen-bond donors (Lipinski definition) is 1. The molecule has 100 valence electrons. The van der Waals surface area contributed by atoms with Crippen molar-refractivity contribution < 1.29 is 4.74 Å². The lowest BCUT2D eigenvalue weighted by Crippen LogP contribution is -2.28. The lowest BCUT2D eigenvalue weighted by atomic mass is 9.97. The Morgan fingerprint density at radius 2 is 2.33 bits per heavy atom. The monoisotopic (exact) mass is 267 g/mol. The fraction of sp³-hybridized carbons (Fsp3) is 0.600. The van der Waals surface area contributed by atoms with E-state index in [0.717, 1.165) is 42.3 Å². The van der Waals surface area contributed by atoms with Crippen LogP contribution < -0.4 is 10.1 Å². The molecular weight excluding hydrogens is 246 g/mol. The molecule has 0 aliphatic carbocycles. The highest BCUT2D eigenvalue weighted by molar-refractivity contribution is 6.30. The number of ether oxygens (including phenoxy) is 1. The predicted molar refractivity (Wildman–Crippen MR) is 76.5 cm³/mol. The third-order valence-corrected chi connectivity index (χ3v) is 3.85. The minimum Gasteiger partial charge on any atom is -0.490 e. The molecule has 0 spiro atoms. The fourth-order valence-electron chi connectivity index (χ4n) is 2.58. The number of hydrogen-bond acceptors (Lipinski definition) is 2. The molecule has 0 radical (unpaired) electrons. The normalized spacial score (nSPS) is 20.9. The summed E-state index contributed by atoms with van der Waals surface area (Å²) in [6.45, 7) is 6.47. The highest BCUT2D eigenvalue weighted by atomic mass is 35.5. The van der Waals surface area contributed by atoms with E-state index in [1.165, 1.54) is 6.42 Å². The van der Waals surface area contributed by atoms with Crippen molar-refractivity contribution in [1.29, 1.82) is 0 Å². The Hall–Kier alpha value is -0.730. The molecule has 2 rings (SSSR count). The lowest BCUT2D eigenvalue weighted by molar-refractivity contribution is 0.131. The maximum Gasteiger partial charge on any atom is 0.122 e. The van der Waals surface area contributed by atoms with E-state index < -0.39 is 0 Å². The van der Waals surface area contributed by atoms with Gasteiger partial charge in [0.05, 0.1) is 0 Å². The van der Waals surface area contributed by atoms with Gasteiger partial charge in [0.25, 0.3) is 0 Å². The van der Waals surface area contributed by atoms with Crippen LogP contribution in [0.25, 0.3) is 0 Å². The van der Waals surface area contributed by atoms with E-state index in [4.69, 9.17) is 16.3 Å². The molecule has 2 nitrogen and oxygen atoms in total. The molecule has 1 N–H and O–H groups in total. The van der Waals surface area contributed by atoms with E-state index in [1.807, 2.05) is 18.2 Å². The van der Waals surface area contributed by atoms with Gasteiger partial charge in [-0.15, -0.1) is 0 Å². The molecule has 2 atom stereocenters. The third kappa shape index (κ3) is 3.39. The highest BCUT2D eigenvalue weighted by Gasteiger charge is 2.26. The molecule has 3 heteroatoms. The first kappa shape index (κ1) is 13.7. The summed E-state index contributed by atoms with van der Waals surface area (Å²) in [5.41, 5.74) is 1.12. The van der Waals surface area contributed by atoms with Crippen molar-refractivity contribution in [2.24, 2.45) is 5.92 Å². The zero-order chi connectivity index (χ0) is 13.0. The second kappa shape index (κ2) is 6.44. The van der Waals surface area contributed by atoms with E-state index in [-0.39, 0.29) is 0 Å². The van der Waals surface area contributed by atoms with Crippen LogP contribution in [0.2, 0.25) is 5.02 Å². The van der Waals surface area contributed by atoms with Crippen LogP contribution in [0, 0.1) is 12.8 Å². The van der Waals surface area contributed by atoms with Crippen LogP contribution in [0.3, 0.4) is 0 Å². The number of halogens is 1. The topological polar surface area (TPSA) is 21.3 Å². The van der Waals surface area contributed by atoms with E-state index in [1.54, 1.807) is 0 Å². The summed E-state index contributed by atoms with van der Waals surface area (Å²) in [5.74, 6) is 1.62. The van der Waals surface area contributed by atoms with Gasteiger partial charge < -0.3 is 10.1 Å². The second-order valence-electron chi connectivity index (χ2n) is 5.11. The van der Waals surface area contributed by atoms with Crippen LogP contribution in [0.5, 0.6) is 5.75 Å². The summed E-state index contributed by atoms with van der Waals surface area (Å²) in [6, 6.07) is 5.86. The number of rotatable bonds is 5. The van der Waals surface area contributed by atoms with Crippen molar-refractivity contribution >= 4 is 11.6 Å². The van der Waals surface area contributed by atoms with Crippen LogP contribution in [-0.2, 0) is 0 Å². The van der Waals surface area contributed by atoms with E-state index in [2.05, 4.69) is 19.2 Å². The quantitative estimate of drug-likeness (QED) is 0.876. The molecule has 0 amide bonds. The smallest absolute Gasteiger partial charge is 0.122 e. The number of nitrogens with one attached hydrogen (secondary N) is 1. The van der Waals surface area contributed by atoms with Gasteiger partial charge in [-0.05, 0) is 50.1 Å². The molecule has 1 aromatic rings. The van der Waals surface area contributed by atoms with Gasteiger partial charge in [-0.25, -0.2) is 0 Å². The van der Waals surface area contributed by atoms with Crippen LogP contribution in [0.4, 0.5) is 0 Å². The Morgan fingerprint density at radius 1 is 1.50 bits per heavy atom. The Balaban J connectivity index is 2.07. The van der Waals surface area contributed by atoms with Crippen LogP contribution in [0.15, 0.2) is 18.2 Å². The molecule has 1 aromatic carbocycles. The van der Waals surface area contributed by atoms with Crippen molar-refractivity contribution in [3.8, 4) is 5.75 Å². The van der Waals surface area contributed by atoms with Gasteiger partial charge in [-0.3, -0.25) is 0 Å². The standard InChI is InChI=1S/C15H22ClNO/c1-3-4-15(12-7-8-17-10-12)18-14-6-5-13(16)9-11(14)2/h5-6,9,12,15,17H,3-4,7-8,10H2,1-2H3/t12-,15-/m0/s1. The first-order valence-corrected chi connectivity index (χ1v) is 7.22. The first-order chi connectivity index (χ1) is 8.70. The van der Waals surface area contributed by atoms with Gasteiger partial charge >= 0.3 is 0 Å². The summed E-state index contributed by atoms with van der Waals surface area (Å²) in [7, 11) is 0. The van der Waals surface area contributed by atoms with Crippen molar-refractivity contribution in [2.75, 3.05) is 13.1 Å². The van der Waals surface area contributed by atoms with Crippen molar-refractivity contribution in [3.63, 3.8) is 0 Å². The van der Waals surface area contributed by atoms with Crippen LogP contribution in [0.1, 0.15) is 31.7 Å². The summed E-state index contributed by atoms with van der Waals surface area (Å²) >= 11 is 5.98. The summed E-state index contributed by atoms with van der Waals surface area (Å²) in [5, 5.41) is 4.19. The van der Waals surface area contributed by atoms with Crippen molar-refractivity contribution in [3.05, 3.63) is 28.8 Å². The van der Waals surface area contributed by atoms with Gasteiger partial charge in [0.1, 0.15) is 11.9 Å². The Morgan fingerprint density at radius 3 is 2.94 bits per heavy atom. The molecule has 1 aliphatic heterocycles. The molecular formula is C15H22ClNO. The maximum atomic E-state index is 6.23. The number of aryl methyl sites for hydroxylation is 1. The molecule has 0 aromatic heterocycles. The molecule has 18 heavy (non-hydrogen) atoms. The first-order valence-electron chi connectivity index (χ1n) is 6.84. The van der Waals surface area contributed by atoms with E-state index in [0.29, 0.717) is 12.0 Å². The van der Waals surface area contributed by atoms with Gasteiger partial charge in [0, 0.05) is 17.5 Å². The minimum atomic E-state index is 0.324. The molecule has 1 saturated heterocycles. The van der Waals surface area contributed by atoms with Gasteiger partial charge in [-0.1, -0.05) is 24.9 Å². The summed E-state index contributed by atoms with van der Waals surface area (Å²) in [6.07, 6.45) is 3.82. The fourth-order valence-corrected chi connectivity index (χ4v) is 2.80. The van der Waals surface area contributed by atoms with Gasteiger partial charge in [0.2, 0.25) is 0 Å². The molecule has 1 aliphatic rings. The average Bonchev–Trinajstić information content (AvgIpc) is 2.85. The molecule has 0 bridgehead atoms. The molecule has 0 unspecified atom stereocenters. The molecule has 0 saturated carbocycles. The summed E-state index contributed by atoms with van der Waals surface area (Å²) < 4.78 is 6.23. The van der Waals surface area contributed by atoms with Crippen molar-refractivity contribution in [2.45, 2.75) is 39.2 Å². The Labute approximate surface area is 115 Å². The second-order valence-corrected chi connectivity index (χ2v) is 5.54. The largest absolute Gasteiger partial charge is 0.490 e. The summed E-state index contributed by atoms with van der Waals surface area (Å²) in [4.78, 5) is 0. The van der Waals surface area contributed by atoms with Gasteiger partial charge in [-0.2, -0.15) is 0 Å². The SMILES string of the molecule is CCC[C@H](Oc1ccc(Cl)cc1C)[C@H]1CCNC1. The molecule has 1 heterocycles. The van der Waals surface area contributed by atoms with Crippen LogP contribution in [-0.4, -0.2) is 19.2 Å². The average molecular weight is 268 g/mol. The van der Waals surface area contributed by atoms with Gasteiger partial charge in [0.15, 0.2) is 0 Å². The highest BCUT2D eigenvalue weighted by Crippen LogP contribution is 2.27. The molecule has 1 fully saturated rings. The Kier molecular flexibility index (Phi) is 4.90.